The lowest BCUT2D eigenvalue weighted by molar-refractivity contribution is -0.135. The number of rotatable bonds is 6. The van der Waals surface area contributed by atoms with Crippen molar-refractivity contribution in [3.8, 4) is 5.75 Å². The van der Waals surface area contributed by atoms with Crippen LogP contribution >= 0.6 is 0 Å². The van der Waals surface area contributed by atoms with Gasteiger partial charge in [0.05, 0.1) is 37.8 Å². The summed E-state index contributed by atoms with van der Waals surface area (Å²) in [6.45, 7) is 6.43. The molecule has 0 aliphatic carbocycles. The molecule has 4 heterocycles. The number of nitrogens with zero attached hydrogens (tertiary/aromatic N) is 3. The van der Waals surface area contributed by atoms with E-state index in [0.717, 1.165) is 76.0 Å². The van der Waals surface area contributed by atoms with Gasteiger partial charge in [-0.15, -0.1) is 0 Å². The Kier molecular flexibility index (Phi) is 10.0. The van der Waals surface area contributed by atoms with E-state index in [1.807, 2.05) is 24.4 Å². The zero-order valence-corrected chi connectivity index (χ0v) is 23.5. The third-order valence-corrected chi connectivity index (χ3v) is 8.68. The van der Waals surface area contributed by atoms with E-state index >= 15 is 0 Å². The zero-order valence-electron chi connectivity index (χ0n) is 23.5. The number of carbonyl (C=O) groups excluding carboxylic acids is 2. The highest BCUT2D eigenvalue weighted by molar-refractivity contribution is 5.83. The summed E-state index contributed by atoms with van der Waals surface area (Å²) in [6, 6.07) is 12.3. The summed E-state index contributed by atoms with van der Waals surface area (Å²) < 4.78 is 11.5. The second-order valence-electron chi connectivity index (χ2n) is 11.2. The number of benzene rings is 1. The summed E-state index contributed by atoms with van der Waals surface area (Å²) in [6.07, 6.45) is 9.08. The van der Waals surface area contributed by atoms with E-state index in [1.54, 1.807) is 6.20 Å². The van der Waals surface area contributed by atoms with E-state index in [1.165, 1.54) is 5.56 Å². The normalized spacial score (nSPS) is 21.6. The fourth-order valence-corrected chi connectivity index (χ4v) is 6.26. The second-order valence-corrected chi connectivity index (χ2v) is 11.2. The SMILES string of the molecule is O=C(CN1CCC2(CCCCc3ccccc3OCCNC2=O)CC1)NCC(c1cccnc1)N1CCOCC1. The Morgan fingerprint density at radius 2 is 1.85 bits per heavy atom. The van der Waals surface area contributed by atoms with Crippen LogP contribution in [-0.2, 0) is 20.7 Å². The summed E-state index contributed by atoms with van der Waals surface area (Å²) in [5.74, 6) is 1.09. The van der Waals surface area contributed by atoms with E-state index < -0.39 is 0 Å². The average Bonchev–Trinajstić information content (AvgIpc) is 2.99. The van der Waals surface area contributed by atoms with Gasteiger partial charge in [-0.25, -0.2) is 0 Å². The van der Waals surface area contributed by atoms with Gasteiger partial charge in [0.1, 0.15) is 12.4 Å². The Bertz CT molecular complexity index is 1100. The number of hydrogen-bond donors (Lipinski definition) is 2. The van der Waals surface area contributed by atoms with E-state index in [4.69, 9.17) is 9.47 Å². The van der Waals surface area contributed by atoms with Gasteiger partial charge in [0.25, 0.3) is 0 Å². The number of aromatic nitrogens is 1. The maximum absolute atomic E-state index is 13.4. The molecular formula is C31H43N5O4. The monoisotopic (exact) mass is 549 g/mol. The molecule has 1 aromatic carbocycles. The molecule has 1 atom stereocenters. The number of ether oxygens (including phenoxy) is 2. The molecule has 0 radical (unpaired) electrons. The molecule has 1 unspecified atom stereocenters. The Labute approximate surface area is 237 Å². The number of morpholine rings is 1. The molecule has 9 heteroatoms. The van der Waals surface area contributed by atoms with Crippen LogP contribution in [0.5, 0.6) is 5.75 Å². The lowest BCUT2D eigenvalue weighted by Gasteiger charge is -2.41. The molecule has 2 amide bonds. The number of para-hydroxylation sites is 1. The molecule has 2 fully saturated rings. The minimum atomic E-state index is -0.368. The lowest BCUT2D eigenvalue weighted by Crippen LogP contribution is -2.51. The number of fused-ring (bicyclic) bond motifs is 1. The molecule has 40 heavy (non-hydrogen) atoms. The van der Waals surface area contributed by atoms with E-state index in [-0.39, 0.29) is 23.3 Å². The first-order valence-corrected chi connectivity index (χ1v) is 14.8. The van der Waals surface area contributed by atoms with Crippen LogP contribution < -0.4 is 15.4 Å². The molecule has 9 nitrogen and oxygen atoms in total. The molecule has 0 bridgehead atoms. The molecule has 2 aromatic rings. The molecular weight excluding hydrogens is 506 g/mol. The van der Waals surface area contributed by atoms with Crippen molar-refractivity contribution in [2.24, 2.45) is 5.41 Å². The van der Waals surface area contributed by atoms with Crippen molar-refractivity contribution in [1.82, 2.24) is 25.4 Å². The predicted molar refractivity (Wildman–Crippen MR) is 153 cm³/mol. The highest BCUT2D eigenvalue weighted by atomic mass is 16.5. The summed E-state index contributed by atoms with van der Waals surface area (Å²) in [5.41, 5.74) is 1.98. The molecule has 216 valence electrons. The summed E-state index contributed by atoms with van der Waals surface area (Å²) in [4.78, 5) is 35.2. The maximum Gasteiger partial charge on any atom is 0.234 e. The smallest absolute Gasteiger partial charge is 0.234 e. The number of nitrogens with one attached hydrogen (secondary N) is 2. The standard InChI is InChI=1S/C31H43N5O4/c37-29(34-23-27(26-8-5-13-32-22-26)36-17-20-39-21-18-36)24-35-15-11-31(12-16-35)10-4-3-7-25-6-1-2-9-28(25)40-19-14-33-30(31)38/h1-2,5-6,8-9,13,22,27H,3-4,7,10-12,14-21,23-24H2,(H,33,38)(H,34,37). The number of aryl methyl sites for hydroxylation is 1. The first-order chi connectivity index (χ1) is 19.6. The Morgan fingerprint density at radius 1 is 1.02 bits per heavy atom. The molecule has 0 saturated carbocycles. The molecule has 2 N–H and O–H groups in total. The topological polar surface area (TPSA) is 96.0 Å². The minimum Gasteiger partial charge on any atom is -0.491 e. The van der Waals surface area contributed by atoms with Gasteiger partial charge in [0.2, 0.25) is 11.8 Å². The molecule has 3 aliphatic heterocycles. The van der Waals surface area contributed by atoms with Gasteiger partial charge < -0.3 is 20.1 Å². The minimum absolute atomic E-state index is 0.0251. The van der Waals surface area contributed by atoms with Crippen LogP contribution in [-0.4, -0.2) is 92.2 Å². The number of amides is 2. The lowest BCUT2D eigenvalue weighted by atomic mass is 9.73. The fourth-order valence-electron chi connectivity index (χ4n) is 6.26. The van der Waals surface area contributed by atoms with Gasteiger partial charge in [-0.2, -0.15) is 0 Å². The first-order valence-electron chi connectivity index (χ1n) is 14.8. The van der Waals surface area contributed by atoms with E-state index in [9.17, 15) is 9.59 Å². The van der Waals surface area contributed by atoms with Crippen LogP contribution in [0.25, 0.3) is 0 Å². The largest absolute Gasteiger partial charge is 0.491 e. The third-order valence-electron chi connectivity index (χ3n) is 8.68. The van der Waals surface area contributed by atoms with Crippen molar-refractivity contribution in [1.29, 1.82) is 0 Å². The van der Waals surface area contributed by atoms with Gasteiger partial charge in [0.15, 0.2) is 0 Å². The molecule has 1 aromatic heterocycles. The van der Waals surface area contributed by atoms with Crippen molar-refractivity contribution in [3.63, 3.8) is 0 Å². The average molecular weight is 550 g/mol. The summed E-state index contributed by atoms with van der Waals surface area (Å²) in [7, 11) is 0. The molecule has 3 aliphatic rings. The zero-order chi connectivity index (χ0) is 27.6. The van der Waals surface area contributed by atoms with Crippen molar-refractivity contribution in [3.05, 3.63) is 59.9 Å². The molecule has 2 saturated heterocycles. The fraction of sp³-hybridized carbons (Fsp3) is 0.581. The molecule has 5 rings (SSSR count). The predicted octanol–water partition coefficient (Wildman–Crippen LogP) is 2.57. The Balaban J connectivity index is 1.13. The Hall–Kier alpha value is -3.01. The summed E-state index contributed by atoms with van der Waals surface area (Å²) in [5, 5.41) is 6.32. The van der Waals surface area contributed by atoms with Crippen LogP contribution in [0.2, 0.25) is 0 Å². The van der Waals surface area contributed by atoms with Crippen molar-refractivity contribution < 1.29 is 19.1 Å². The van der Waals surface area contributed by atoms with Crippen LogP contribution in [0.4, 0.5) is 0 Å². The van der Waals surface area contributed by atoms with Crippen LogP contribution in [0, 0.1) is 5.41 Å². The number of pyridine rings is 1. The highest BCUT2D eigenvalue weighted by Gasteiger charge is 2.41. The highest BCUT2D eigenvalue weighted by Crippen LogP contribution is 2.37. The van der Waals surface area contributed by atoms with Crippen LogP contribution in [0.3, 0.4) is 0 Å². The van der Waals surface area contributed by atoms with E-state index in [2.05, 4.69) is 43.6 Å². The van der Waals surface area contributed by atoms with E-state index in [0.29, 0.717) is 39.5 Å². The number of likely N-dealkylation sites (tertiary alicyclic amines) is 1. The summed E-state index contributed by atoms with van der Waals surface area (Å²) >= 11 is 0. The van der Waals surface area contributed by atoms with Gasteiger partial charge in [-0.3, -0.25) is 24.4 Å². The van der Waals surface area contributed by atoms with Crippen LogP contribution in [0.1, 0.15) is 49.3 Å². The van der Waals surface area contributed by atoms with Crippen LogP contribution in [0.15, 0.2) is 48.8 Å². The number of hydrogen-bond acceptors (Lipinski definition) is 7. The second kappa shape index (κ2) is 14.1. The van der Waals surface area contributed by atoms with Gasteiger partial charge in [0, 0.05) is 32.0 Å². The first kappa shape index (κ1) is 28.5. The number of piperidine rings is 1. The third kappa shape index (κ3) is 7.38. The van der Waals surface area contributed by atoms with Crippen molar-refractivity contribution >= 4 is 11.8 Å². The quantitative estimate of drug-likeness (QED) is 0.572. The Morgan fingerprint density at radius 3 is 2.65 bits per heavy atom. The van der Waals surface area contributed by atoms with Crippen molar-refractivity contribution in [2.45, 2.75) is 44.6 Å². The van der Waals surface area contributed by atoms with Gasteiger partial charge >= 0.3 is 0 Å². The number of carbonyl (C=O) groups is 2. The van der Waals surface area contributed by atoms with Gasteiger partial charge in [-0.1, -0.05) is 30.7 Å². The maximum atomic E-state index is 13.4. The van der Waals surface area contributed by atoms with Gasteiger partial charge in [-0.05, 0) is 68.5 Å². The molecule has 1 spiro atoms. The van der Waals surface area contributed by atoms with Crippen molar-refractivity contribution in [2.75, 3.05) is 65.6 Å².